The minimum Gasteiger partial charge on any atom is -0.493 e. The highest BCUT2D eigenvalue weighted by atomic mass is 16.5. The molecule has 2 heterocycles. The average Bonchev–Trinajstić information content (AvgIpc) is 2.98. The molecule has 26 heavy (non-hydrogen) atoms. The molecule has 3 rings (SSSR count). The van der Waals surface area contributed by atoms with Crippen LogP contribution in [0.3, 0.4) is 0 Å². The Hall–Kier alpha value is -2.54. The number of hydrogen-bond acceptors (Lipinski definition) is 5. The molecule has 0 bridgehead atoms. The molecule has 1 aliphatic rings. The van der Waals surface area contributed by atoms with Crippen LogP contribution >= 0.6 is 0 Å². The molecule has 2 aromatic rings. The zero-order valence-corrected chi connectivity index (χ0v) is 15.7. The van der Waals surface area contributed by atoms with Gasteiger partial charge in [-0.2, -0.15) is 0 Å². The van der Waals surface area contributed by atoms with Gasteiger partial charge < -0.3 is 19.8 Å². The highest BCUT2D eigenvalue weighted by molar-refractivity contribution is 6.00. The van der Waals surface area contributed by atoms with Gasteiger partial charge in [-0.25, -0.2) is 0 Å². The lowest BCUT2D eigenvalue weighted by Gasteiger charge is -2.42. The van der Waals surface area contributed by atoms with E-state index in [4.69, 9.17) is 14.9 Å². The average molecular weight is 359 g/mol. The van der Waals surface area contributed by atoms with Crippen LogP contribution in [-0.2, 0) is 4.79 Å². The zero-order chi connectivity index (χ0) is 19.1. The summed E-state index contributed by atoms with van der Waals surface area (Å²) in [5.74, 6) is 0.444. The van der Waals surface area contributed by atoms with Crippen molar-refractivity contribution in [2.75, 3.05) is 33.3 Å². The Morgan fingerprint density at radius 3 is 2.42 bits per heavy atom. The highest BCUT2D eigenvalue weighted by Gasteiger charge is 2.36. The third-order valence-electron chi connectivity index (χ3n) is 5.30. The molecule has 0 saturated carbocycles. The Morgan fingerprint density at radius 1 is 1.19 bits per heavy atom. The minimum absolute atomic E-state index is 0.141. The SMILES string of the molecule is COc1cccc2c(C)c(C(=O)N3CCN(C(C)(C)C(N)=O)CC3)oc12. The quantitative estimate of drug-likeness (QED) is 0.899. The summed E-state index contributed by atoms with van der Waals surface area (Å²) in [4.78, 5) is 28.4. The van der Waals surface area contributed by atoms with Crippen molar-refractivity contribution in [1.82, 2.24) is 9.80 Å². The van der Waals surface area contributed by atoms with E-state index in [9.17, 15) is 9.59 Å². The molecule has 0 radical (unpaired) electrons. The summed E-state index contributed by atoms with van der Waals surface area (Å²) in [6, 6.07) is 5.60. The second-order valence-corrected chi connectivity index (χ2v) is 7.10. The third-order valence-corrected chi connectivity index (χ3v) is 5.30. The molecular weight excluding hydrogens is 334 g/mol. The fourth-order valence-electron chi connectivity index (χ4n) is 3.35. The maximum Gasteiger partial charge on any atom is 0.289 e. The monoisotopic (exact) mass is 359 g/mol. The summed E-state index contributed by atoms with van der Waals surface area (Å²) >= 11 is 0. The van der Waals surface area contributed by atoms with Gasteiger partial charge >= 0.3 is 0 Å². The number of primary amides is 1. The fourth-order valence-corrected chi connectivity index (χ4v) is 3.35. The van der Waals surface area contributed by atoms with Crippen LogP contribution in [0.5, 0.6) is 5.75 Å². The maximum atomic E-state index is 13.0. The van der Waals surface area contributed by atoms with E-state index in [1.54, 1.807) is 12.0 Å². The zero-order valence-electron chi connectivity index (χ0n) is 15.7. The van der Waals surface area contributed by atoms with Gasteiger partial charge in [0.05, 0.1) is 12.6 Å². The number of ether oxygens (including phenoxy) is 1. The van der Waals surface area contributed by atoms with Crippen molar-refractivity contribution < 1.29 is 18.7 Å². The van der Waals surface area contributed by atoms with Gasteiger partial charge in [-0.15, -0.1) is 0 Å². The maximum absolute atomic E-state index is 13.0. The number of nitrogens with zero attached hydrogens (tertiary/aromatic N) is 2. The molecule has 140 valence electrons. The molecular formula is C19H25N3O4. The largest absolute Gasteiger partial charge is 0.493 e. The van der Waals surface area contributed by atoms with E-state index in [-0.39, 0.29) is 11.8 Å². The van der Waals surface area contributed by atoms with Crippen molar-refractivity contribution in [2.24, 2.45) is 5.73 Å². The molecule has 1 fully saturated rings. The van der Waals surface area contributed by atoms with Gasteiger partial charge in [-0.3, -0.25) is 14.5 Å². The van der Waals surface area contributed by atoms with Crippen molar-refractivity contribution in [3.8, 4) is 5.75 Å². The lowest BCUT2D eigenvalue weighted by atomic mass is 10.0. The molecule has 1 aliphatic heterocycles. The normalized spacial score (nSPS) is 16.1. The first-order valence-electron chi connectivity index (χ1n) is 8.67. The highest BCUT2D eigenvalue weighted by Crippen LogP contribution is 2.33. The molecule has 1 saturated heterocycles. The Bertz CT molecular complexity index is 848. The Morgan fingerprint density at radius 2 is 1.85 bits per heavy atom. The molecule has 0 unspecified atom stereocenters. The summed E-state index contributed by atoms with van der Waals surface area (Å²) in [5.41, 5.74) is 6.16. The second kappa shape index (κ2) is 6.64. The van der Waals surface area contributed by atoms with Gasteiger partial charge in [0, 0.05) is 37.1 Å². The summed E-state index contributed by atoms with van der Waals surface area (Å²) < 4.78 is 11.2. The number of carbonyl (C=O) groups is 2. The lowest BCUT2D eigenvalue weighted by molar-refractivity contribution is -0.129. The van der Waals surface area contributed by atoms with Gasteiger partial charge in [-0.1, -0.05) is 12.1 Å². The number of para-hydroxylation sites is 1. The van der Waals surface area contributed by atoms with E-state index in [0.29, 0.717) is 43.3 Å². The van der Waals surface area contributed by atoms with Crippen molar-refractivity contribution in [3.05, 3.63) is 29.5 Å². The molecule has 0 spiro atoms. The lowest BCUT2D eigenvalue weighted by Crippen LogP contribution is -2.60. The van der Waals surface area contributed by atoms with E-state index < -0.39 is 5.54 Å². The number of fused-ring (bicyclic) bond motifs is 1. The number of hydrogen-bond donors (Lipinski definition) is 1. The number of carbonyl (C=O) groups excluding carboxylic acids is 2. The van der Waals surface area contributed by atoms with E-state index in [2.05, 4.69) is 0 Å². The number of nitrogens with two attached hydrogens (primary N) is 1. The van der Waals surface area contributed by atoms with Crippen LogP contribution in [0.2, 0.25) is 0 Å². The second-order valence-electron chi connectivity index (χ2n) is 7.10. The predicted octanol–water partition coefficient (Wildman–Crippen LogP) is 1.77. The summed E-state index contributed by atoms with van der Waals surface area (Å²) in [6.07, 6.45) is 0. The Balaban J connectivity index is 1.80. The van der Waals surface area contributed by atoms with Crippen molar-refractivity contribution in [3.63, 3.8) is 0 Å². The summed E-state index contributed by atoms with van der Waals surface area (Å²) in [6.45, 7) is 7.71. The Kier molecular flexibility index (Phi) is 4.66. The standard InChI is InChI=1S/C19H25N3O4/c1-12-13-6-5-7-14(25-4)16(13)26-15(12)17(23)21-8-10-22(11-9-21)19(2,3)18(20)24/h5-7H,8-11H2,1-4H3,(H2,20,24). The molecule has 7 heteroatoms. The van der Waals surface area contributed by atoms with Crippen molar-refractivity contribution in [1.29, 1.82) is 0 Å². The van der Waals surface area contributed by atoms with Crippen molar-refractivity contribution >= 4 is 22.8 Å². The number of piperazine rings is 1. The topological polar surface area (TPSA) is 89.0 Å². The first-order chi connectivity index (χ1) is 12.3. The summed E-state index contributed by atoms with van der Waals surface area (Å²) in [7, 11) is 1.58. The molecule has 1 aromatic carbocycles. The smallest absolute Gasteiger partial charge is 0.289 e. The van der Waals surface area contributed by atoms with E-state index >= 15 is 0 Å². The van der Waals surface area contributed by atoms with E-state index in [1.807, 2.05) is 43.9 Å². The molecule has 0 atom stereocenters. The van der Waals surface area contributed by atoms with Crippen LogP contribution in [0.25, 0.3) is 11.0 Å². The van der Waals surface area contributed by atoms with Gasteiger partial charge in [0.2, 0.25) is 5.91 Å². The van der Waals surface area contributed by atoms with E-state index in [1.165, 1.54) is 0 Å². The predicted molar refractivity (Wildman–Crippen MR) is 98.3 cm³/mol. The number of methoxy groups -OCH3 is 1. The molecule has 2 amide bonds. The van der Waals surface area contributed by atoms with Gasteiger partial charge in [0.25, 0.3) is 5.91 Å². The first kappa shape index (κ1) is 18.3. The van der Waals surface area contributed by atoms with Gasteiger partial charge in [0.1, 0.15) is 0 Å². The molecule has 7 nitrogen and oxygen atoms in total. The number of aryl methyl sites for hydroxylation is 1. The van der Waals surface area contributed by atoms with Gasteiger partial charge in [-0.05, 0) is 26.8 Å². The first-order valence-corrected chi connectivity index (χ1v) is 8.67. The molecule has 2 N–H and O–H groups in total. The van der Waals surface area contributed by atoms with Crippen LogP contribution in [0.1, 0.15) is 30.0 Å². The third kappa shape index (κ3) is 2.92. The molecule has 0 aliphatic carbocycles. The summed E-state index contributed by atoms with van der Waals surface area (Å²) in [5, 5.41) is 0.876. The number of amides is 2. The van der Waals surface area contributed by atoms with Crippen LogP contribution in [0.15, 0.2) is 22.6 Å². The fraction of sp³-hybridized carbons (Fsp3) is 0.474. The number of rotatable bonds is 4. The van der Waals surface area contributed by atoms with Crippen LogP contribution in [-0.4, -0.2) is 60.4 Å². The van der Waals surface area contributed by atoms with Crippen LogP contribution < -0.4 is 10.5 Å². The minimum atomic E-state index is -0.724. The van der Waals surface area contributed by atoms with Crippen LogP contribution in [0.4, 0.5) is 0 Å². The Labute approximate surface area is 152 Å². The van der Waals surface area contributed by atoms with Gasteiger partial charge in [0.15, 0.2) is 17.1 Å². The van der Waals surface area contributed by atoms with Crippen LogP contribution in [0, 0.1) is 6.92 Å². The van der Waals surface area contributed by atoms with E-state index in [0.717, 1.165) is 10.9 Å². The molecule has 1 aromatic heterocycles. The number of benzene rings is 1. The van der Waals surface area contributed by atoms with Crippen molar-refractivity contribution in [2.45, 2.75) is 26.3 Å². The number of furan rings is 1.